The van der Waals surface area contributed by atoms with E-state index in [2.05, 4.69) is 13.8 Å². The molecule has 0 aromatic carbocycles. The predicted molar refractivity (Wildman–Crippen MR) is 128 cm³/mol. The van der Waals surface area contributed by atoms with Gasteiger partial charge in [0, 0.05) is 25.2 Å². The maximum atomic E-state index is 12.9. The Balaban J connectivity index is 1.21. The third-order valence-corrected chi connectivity index (χ3v) is 9.20. The zero-order valence-electron chi connectivity index (χ0n) is 21.4. The van der Waals surface area contributed by atoms with E-state index in [4.69, 9.17) is 19.2 Å². The summed E-state index contributed by atoms with van der Waals surface area (Å²) in [6.07, 6.45) is 19.9. The van der Waals surface area contributed by atoms with Crippen LogP contribution in [0.1, 0.15) is 124 Å². The lowest BCUT2D eigenvalue weighted by Gasteiger charge is -2.58. The van der Waals surface area contributed by atoms with Gasteiger partial charge in [0.25, 0.3) is 5.79 Å². The average molecular weight is 465 g/mol. The molecule has 5 rings (SSSR count). The zero-order valence-corrected chi connectivity index (χ0v) is 21.4. The van der Waals surface area contributed by atoms with Crippen LogP contribution >= 0.6 is 0 Å². The van der Waals surface area contributed by atoms with Crippen LogP contribution in [0.2, 0.25) is 0 Å². The third-order valence-electron chi connectivity index (χ3n) is 9.20. The number of ketones is 1. The van der Waals surface area contributed by atoms with E-state index >= 15 is 0 Å². The normalized spacial score (nSPS) is 40.0. The van der Waals surface area contributed by atoms with E-state index in [0.717, 1.165) is 12.8 Å². The molecule has 2 bridgehead atoms. The van der Waals surface area contributed by atoms with Gasteiger partial charge in [0.2, 0.25) is 0 Å². The van der Waals surface area contributed by atoms with Gasteiger partial charge in [-0.15, -0.1) is 0 Å². The molecule has 7 atom stereocenters. The molecule has 5 nitrogen and oxygen atoms in total. The highest BCUT2D eigenvalue weighted by Crippen LogP contribution is 2.59. The maximum Gasteiger partial charge on any atom is 0.260 e. The summed E-state index contributed by atoms with van der Waals surface area (Å²) in [5.41, 5.74) is -0.622. The van der Waals surface area contributed by atoms with Crippen molar-refractivity contribution in [2.45, 2.75) is 141 Å². The van der Waals surface area contributed by atoms with Crippen molar-refractivity contribution in [1.29, 1.82) is 0 Å². The van der Waals surface area contributed by atoms with Gasteiger partial charge in [-0.25, -0.2) is 4.89 Å². The van der Waals surface area contributed by atoms with Crippen molar-refractivity contribution in [1.82, 2.24) is 0 Å². The van der Waals surface area contributed by atoms with Gasteiger partial charge in [0.15, 0.2) is 17.7 Å². The Labute approximate surface area is 201 Å². The number of carbonyl (C=O) groups excluding carboxylic acids is 1. The van der Waals surface area contributed by atoms with Crippen LogP contribution in [0, 0.1) is 23.7 Å². The molecule has 0 aromatic rings. The molecule has 0 N–H and O–H groups in total. The molecule has 4 aliphatic heterocycles. The number of fused-ring (bicyclic) bond motifs is 2. The molecule has 1 saturated carbocycles. The van der Waals surface area contributed by atoms with Crippen LogP contribution < -0.4 is 0 Å². The Morgan fingerprint density at radius 2 is 1.48 bits per heavy atom. The lowest BCUT2D eigenvalue weighted by molar-refractivity contribution is -0.558. The zero-order chi connectivity index (χ0) is 23.3. The van der Waals surface area contributed by atoms with Gasteiger partial charge in [-0.2, -0.15) is 4.89 Å². The van der Waals surface area contributed by atoms with Crippen LogP contribution in [0.5, 0.6) is 0 Å². The Bertz CT molecular complexity index is 638. The van der Waals surface area contributed by atoms with Gasteiger partial charge in [0.1, 0.15) is 0 Å². The Morgan fingerprint density at radius 1 is 0.848 bits per heavy atom. The summed E-state index contributed by atoms with van der Waals surface area (Å²) in [5, 5.41) is 0. The van der Waals surface area contributed by atoms with E-state index in [1.165, 1.54) is 83.5 Å². The third kappa shape index (κ3) is 5.37. The molecule has 1 spiro atoms. The Hall–Kier alpha value is -0.490. The summed E-state index contributed by atoms with van der Waals surface area (Å²) < 4.78 is 12.4. The molecule has 5 aliphatic rings. The molecule has 5 heteroatoms. The summed E-state index contributed by atoms with van der Waals surface area (Å²) in [5.74, 6) is 0.00850. The fourth-order valence-electron chi connectivity index (χ4n) is 7.05. The van der Waals surface area contributed by atoms with Crippen molar-refractivity contribution in [3.8, 4) is 0 Å². The first-order chi connectivity index (χ1) is 16.0. The second kappa shape index (κ2) is 11.5. The fraction of sp³-hybridized carbons (Fsp3) is 0.964. The molecule has 0 radical (unpaired) electrons. The molecule has 4 heterocycles. The van der Waals surface area contributed by atoms with E-state index in [9.17, 15) is 4.79 Å². The average Bonchev–Trinajstić information content (AvgIpc) is 2.98. The molecule has 0 aromatic heterocycles. The highest BCUT2D eigenvalue weighted by molar-refractivity contribution is 5.86. The van der Waals surface area contributed by atoms with Crippen molar-refractivity contribution in [3.63, 3.8) is 0 Å². The van der Waals surface area contributed by atoms with E-state index in [0.29, 0.717) is 30.8 Å². The van der Waals surface area contributed by atoms with Crippen molar-refractivity contribution in [2.24, 2.45) is 23.7 Å². The second-order valence-corrected chi connectivity index (χ2v) is 11.6. The molecule has 33 heavy (non-hydrogen) atoms. The van der Waals surface area contributed by atoms with Gasteiger partial charge >= 0.3 is 0 Å². The number of carbonyl (C=O) groups is 1. The lowest BCUT2D eigenvalue weighted by Crippen LogP contribution is -2.69. The molecule has 4 saturated heterocycles. The number of unbranched alkanes of at least 4 members (excludes halogenated alkanes) is 11. The molecule has 190 valence electrons. The van der Waals surface area contributed by atoms with Crippen LogP contribution in [0.25, 0.3) is 0 Å². The van der Waals surface area contributed by atoms with Gasteiger partial charge in [-0.05, 0) is 31.1 Å². The summed E-state index contributed by atoms with van der Waals surface area (Å²) in [6.45, 7) is 6.92. The van der Waals surface area contributed by atoms with Crippen molar-refractivity contribution >= 4 is 5.78 Å². The van der Waals surface area contributed by atoms with Gasteiger partial charge in [-0.3, -0.25) is 4.79 Å². The predicted octanol–water partition coefficient (Wildman–Crippen LogP) is 7.12. The first-order valence-electron chi connectivity index (χ1n) is 14.2. The number of rotatable bonds is 13. The highest BCUT2D eigenvalue weighted by Gasteiger charge is 2.70. The molecule has 0 amide bonds. The van der Waals surface area contributed by atoms with E-state index in [1.807, 2.05) is 0 Å². The fourth-order valence-corrected chi connectivity index (χ4v) is 7.05. The van der Waals surface area contributed by atoms with Gasteiger partial charge in [-0.1, -0.05) is 90.9 Å². The van der Waals surface area contributed by atoms with Crippen LogP contribution in [-0.2, 0) is 24.0 Å². The quantitative estimate of drug-likeness (QED) is 0.214. The van der Waals surface area contributed by atoms with E-state index < -0.39 is 17.7 Å². The highest BCUT2D eigenvalue weighted by atomic mass is 17.3. The summed E-state index contributed by atoms with van der Waals surface area (Å²) >= 11 is 0. The summed E-state index contributed by atoms with van der Waals surface area (Å²) in [4.78, 5) is 24.7. The van der Waals surface area contributed by atoms with E-state index in [-0.39, 0.29) is 11.7 Å². The van der Waals surface area contributed by atoms with Gasteiger partial charge in [0.05, 0.1) is 6.61 Å². The van der Waals surface area contributed by atoms with Crippen molar-refractivity contribution < 1.29 is 24.0 Å². The first kappa shape index (κ1) is 25.6. The SMILES string of the molecule is CCCCCCCCCCCCCCC1COC2OC3(C)OOC24C(CC3=O)C(C)CCC14. The molecule has 1 aliphatic carbocycles. The number of hydrogen-bond donors (Lipinski definition) is 0. The Kier molecular flexibility index (Phi) is 8.92. The molecule has 5 fully saturated rings. The lowest BCUT2D eigenvalue weighted by atomic mass is 9.57. The second-order valence-electron chi connectivity index (χ2n) is 11.6. The molecular weight excluding hydrogens is 416 g/mol. The van der Waals surface area contributed by atoms with Crippen LogP contribution in [0.4, 0.5) is 0 Å². The minimum atomic E-state index is -1.32. The smallest absolute Gasteiger partial charge is 0.260 e. The minimum absolute atomic E-state index is 0.00705. The van der Waals surface area contributed by atoms with Crippen molar-refractivity contribution in [2.75, 3.05) is 6.61 Å². The summed E-state index contributed by atoms with van der Waals surface area (Å²) in [7, 11) is 0. The largest absolute Gasteiger partial charge is 0.349 e. The number of ether oxygens (including phenoxy) is 2. The Morgan fingerprint density at radius 3 is 2.15 bits per heavy atom. The van der Waals surface area contributed by atoms with Crippen LogP contribution in [0.15, 0.2) is 0 Å². The monoisotopic (exact) mass is 464 g/mol. The number of Topliss-reactive ketones (excluding diaryl/α,β-unsaturated/α-hetero) is 1. The van der Waals surface area contributed by atoms with E-state index in [1.54, 1.807) is 6.92 Å². The first-order valence-corrected chi connectivity index (χ1v) is 14.2. The molecular formula is C28H48O5. The minimum Gasteiger partial charge on any atom is -0.349 e. The van der Waals surface area contributed by atoms with Crippen molar-refractivity contribution in [3.05, 3.63) is 0 Å². The van der Waals surface area contributed by atoms with Crippen LogP contribution in [-0.4, -0.2) is 30.1 Å². The summed E-state index contributed by atoms with van der Waals surface area (Å²) in [6, 6.07) is 0. The number of hydrogen-bond acceptors (Lipinski definition) is 5. The topological polar surface area (TPSA) is 54.0 Å². The molecule has 7 unspecified atom stereocenters. The van der Waals surface area contributed by atoms with Crippen LogP contribution in [0.3, 0.4) is 0 Å². The maximum absolute atomic E-state index is 12.9. The standard InChI is InChI=1S/C28H48O5/c1-4-5-6-7-8-9-10-11-12-13-14-15-16-22-20-30-26-28-23(22)18-17-21(2)24(28)19-25(29)27(3,31-26)32-33-28/h21-24,26H,4-20H2,1-3H3. The van der Waals surface area contributed by atoms with Gasteiger partial charge < -0.3 is 9.47 Å².